The van der Waals surface area contributed by atoms with Crippen molar-refractivity contribution in [1.82, 2.24) is 0 Å². The van der Waals surface area contributed by atoms with Crippen LogP contribution in [0.4, 0.5) is 0 Å². The second kappa shape index (κ2) is 6.35. The Morgan fingerprint density at radius 2 is 1.95 bits per heavy atom. The predicted octanol–water partition coefficient (Wildman–Crippen LogP) is 3.81. The van der Waals surface area contributed by atoms with E-state index in [1.807, 2.05) is 18.2 Å². The van der Waals surface area contributed by atoms with Crippen LogP contribution in [0.1, 0.15) is 28.4 Å². The SMILES string of the molecule is CC(=O)c1cccc(/C=C/Oc2ccc(C#N)cc2)c1. The van der Waals surface area contributed by atoms with Crippen molar-refractivity contribution >= 4 is 11.9 Å². The molecule has 3 heteroatoms. The summed E-state index contributed by atoms with van der Waals surface area (Å²) in [5.74, 6) is 0.691. The molecule has 0 aliphatic carbocycles. The molecule has 0 heterocycles. The molecule has 0 spiro atoms. The predicted molar refractivity (Wildman–Crippen MR) is 77.3 cm³/mol. The lowest BCUT2D eigenvalue weighted by atomic mass is 10.1. The van der Waals surface area contributed by atoms with Crippen LogP contribution in [-0.4, -0.2) is 5.78 Å². The Bertz CT molecular complexity index is 679. The normalized spacial score (nSPS) is 10.2. The zero-order valence-electron chi connectivity index (χ0n) is 11.0. The number of nitrogens with zero attached hydrogens (tertiary/aromatic N) is 1. The number of rotatable bonds is 4. The van der Waals surface area contributed by atoms with Crippen LogP contribution in [0.2, 0.25) is 0 Å². The molecule has 0 aliphatic heterocycles. The molecule has 0 unspecified atom stereocenters. The van der Waals surface area contributed by atoms with Crippen molar-refractivity contribution in [3.05, 3.63) is 71.5 Å². The van der Waals surface area contributed by atoms with Crippen LogP contribution in [0, 0.1) is 11.3 Å². The molecular formula is C17H13NO2. The number of ether oxygens (including phenoxy) is 1. The van der Waals surface area contributed by atoms with E-state index in [4.69, 9.17) is 10.00 Å². The molecular weight excluding hydrogens is 250 g/mol. The Balaban J connectivity index is 2.04. The number of carbonyl (C=O) groups excluding carboxylic acids is 1. The summed E-state index contributed by atoms with van der Waals surface area (Å²) in [6, 6.07) is 16.2. The van der Waals surface area contributed by atoms with E-state index in [0.717, 1.165) is 5.56 Å². The number of benzene rings is 2. The lowest BCUT2D eigenvalue weighted by molar-refractivity contribution is 0.101. The number of Topliss-reactive ketones (excluding diaryl/α,β-unsaturated/α-hetero) is 1. The summed E-state index contributed by atoms with van der Waals surface area (Å²) < 4.78 is 5.43. The summed E-state index contributed by atoms with van der Waals surface area (Å²) in [5.41, 5.74) is 2.16. The van der Waals surface area contributed by atoms with Gasteiger partial charge in [-0.3, -0.25) is 4.79 Å². The van der Waals surface area contributed by atoms with Crippen LogP contribution in [0.15, 0.2) is 54.8 Å². The number of carbonyl (C=O) groups is 1. The molecule has 98 valence electrons. The van der Waals surface area contributed by atoms with Crippen molar-refractivity contribution in [2.45, 2.75) is 6.92 Å². The van der Waals surface area contributed by atoms with Crippen molar-refractivity contribution in [3.8, 4) is 11.8 Å². The lowest BCUT2D eigenvalue weighted by Crippen LogP contribution is -1.91. The van der Waals surface area contributed by atoms with E-state index in [9.17, 15) is 4.79 Å². The van der Waals surface area contributed by atoms with Gasteiger partial charge < -0.3 is 4.74 Å². The van der Waals surface area contributed by atoms with Gasteiger partial charge in [-0.05, 0) is 48.9 Å². The molecule has 0 saturated heterocycles. The van der Waals surface area contributed by atoms with Crippen molar-refractivity contribution < 1.29 is 9.53 Å². The third-order valence-corrected chi connectivity index (χ3v) is 2.74. The molecule has 0 atom stereocenters. The highest BCUT2D eigenvalue weighted by molar-refractivity contribution is 5.94. The maximum absolute atomic E-state index is 11.3. The van der Waals surface area contributed by atoms with Gasteiger partial charge in [-0.2, -0.15) is 5.26 Å². The summed E-state index contributed by atoms with van der Waals surface area (Å²) in [6.45, 7) is 1.54. The van der Waals surface area contributed by atoms with Crippen LogP contribution < -0.4 is 4.74 Å². The molecule has 20 heavy (non-hydrogen) atoms. The van der Waals surface area contributed by atoms with E-state index in [0.29, 0.717) is 16.9 Å². The zero-order chi connectivity index (χ0) is 14.4. The maximum atomic E-state index is 11.3. The smallest absolute Gasteiger partial charge is 0.159 e. The lowest BCUT2D eigenvalue weighted by Gasteiger charge is -2.00. The van der Waals surface area contributed by atoms with Crippen molar-refractivity contribution in [1.29, 1.82) is 5.26 Å². The molecule has 2 rings (SSSR count). The first-order chi connectivity index (χ1) is 9.69. The van der Waals surface area contributed by atoms with Crippen LogP contribution >= 0.6 is 0 Å². The molecule has 2 aromatic rings. The van der Waals surface area contributed by atoms with Crippen molar-refractivity contribution in [2.24, 2.45) is 0 Å². The van der Waals surface area contributed by atoms with Crippen molar-refractivity contribution in [2.75, 3.05) is 0 Å². The van der Waals surface area contributed by atoms with Gasteiger partial charge in [-0.15, -0.1) is 0 Å². The number of hydrogen-bond donors (Lipinski definition) is 0. The minimum Gasteiger partial charge on any atom is -0.465 e. The second-order valence-corrected chi connectivity index (χ2v) is 4.24. The Hall–Kier alpha value is -2.86. The molecule has 0 aromatic heterocycles. The van der Waals surface area contributed by atoms with Gasteiger partial charge >= 0.3 is 0 Å². The molecule has 0 aliphatic rings. The zero-order valence-corrected chi connectivity index (χ0v) is 11.0. The fourth-order valence-corrected chi connectivity index (χ4v) is 1.66. The van der Waals surface area contributed by atoms with Gasteiger partial charge in [0.25, 0.3) is 0 Å². The van der Waals surface area contributed by atoms with Gasteiger partial charge in [-0.1, -0.05) is 18.2 Å². The van der Waals surface area contributed by atoms with E-state index in [1.54, 1.807) is 48.7 Å². The summed E-state index contributed by atoms with van der Waals surface area (Å²) in [7, 11) is 0. The largest absolute Gasteiger partial charge is 0.465 e. The minimum absolute atomic E-state index is 0.0354. The fraction of sp³-hybridized carbons (Fsp3) is 0.0588. The fourth-order valence-electron chi connectivity index (χ4n) is 1.66. The van der Waals surface area contributed by atoms with Gasteiger partial charge in [0.1, 0.15) is 5.75 Å². The molecule has 3 nitrogen and oxygen atoms in total. The third kappa shape index (κ3) is 3.56. The molecule has 0 fully saturated rings. The standard InChI is InChI=1S/C17H13NO2/c1-13(19)16-4-2-3-14(11-16)9-10-20-17-7-5-15(12-18)6-8-17/h2-11H,1H3/b10-9+. The summed E-state index contributed by atoms with van der Waals surface area (Å²) in [5, 5.41) is 8.69. The van der Waals surface area contributed by atoms with Crippen LogP contribution in [-0.2, 0) is 0 Å². The second-order valence-electron chi connectivity index (χ2n) is 4.24. The highest BCUT2D eigenvalue weighted by Crippen LogP contribution is 2.13. The van der Waals surface area contributed by atoms with E-state index in [1.165, 1.54) is 6.92 Å². The first kappa shape index (κ1) is 13.6. The van der Waals surface area contributed by atoms with Gasteiger partial charge in [-0.25, -0.2) is 0 Å². The van der Waals surface area contributed by atoms with E-state index in [-0.39, 0.29) is 5.78 Å². The molecule has 0 amide bonds. The third-order valence-electron chi connectivity index (χ3n) is 2.74. The van der Waals surface area contributed by atoms with Gasteiger partial charge in [0.2, 0.25) is 0 Å². The number of ketones is 1. The minimum atomic E-state index is 0.0354. The van der Waals surface area contributed by atoms with Crippen LogP contribution in [0.5, 0.6) is 5.75 Å². The topological polar surface area (TPSA) is 50.1 Å². The van der Waals surface area contributed by atoms with Gasteiger partial charge in [0.05, 0.1) is 17.9 Å². The monoisotopic (exact) mass is 263 g/mol. The van der Waals surface area contributed by atoms with Crippen LogP contribution in [0.25, 0.3) is 6.08 Å². The highest BCUT2D eigenvalue weighted by Gasteiger charge is 1.98. The molecule has 0 N–H and O–H groups in total. The average molecular weight is 263 g/mol. The average Bonchev–Trinajstić information content (AvgIpc) is 2.48. The van der Waals surface area contributed by atoms with E-state index >= 15 is 0 Å². The van der Waals surface area contributed by atoms with Gasteiger partial charge in [0.15, 0.2) is 5.78 Å². The Labute approximate surface area is 117 Å². The first-order valence-corrected chi connectivity index (χ1v) is 6.13. The first-order valence-electron chi connectivity index (χ1n) is 6.13. The number of nitriles is 1. The van der Waals surface area contributed by atoms with E-state index < -0.39 is 0 Å². The van der Waals surface area contributed by atoms with Crippen molar-refractivity contribution in [3.63, 3.8) is 0 Å². The quantitative estimate of drug-likeness (QED) is 0.622. The molecule has 0 bridgehead atoms. The summed E-state index contributed by atoms with van der Waals surface area (Å²) in [4.78, 5) is 11.3. The highest BCUT2D eigenvalue weighted by atomic mass is 16.5. The summed E-state index contributed by atoms with van der Waals surface area (Å²) >= 11 is 0. The van der Waals surface area contributed by atoms with E-state index in [2.05, 4.69) is 0 Å². The molecule has 0 radical (unpaired) electrons. The van der Waals surface area contributed by atoms with Gasteiger partial charge in [0, 0.05) is 5.56 Å². The Morgan fingerprint density at radius 3 is 2.60 bits per heavy atom. The Kier molecular flexibility index (Phi) is 4.31. The molecule has 2 aromatic carbocycles. The molecule has 0 saturated carbocycles. The van der Waals surface area contributed by atoms with Crippen LogP contribution in [0.3, 0.4) is 0 Å². The summed E-state index contributed by atoms with van der Waals surface area (Å²) in [6.07, 6.45) is 3.34. The maximum Gasteiger partial charge on any atom is 0.159 e. The number of hydrogen-bond acceptors (Lipinski definition) is 3. The Morgan fingerprint density at radius 1 is 1.20 bits per heavy atom.